The summed E-state index contributed by atoms with van der Waals surface area (Å²) in [6.45, 7) is 6.85. The molecule has 0 saturated carbocycles. The number of benzene rings is 1. The van der Waals surface area contributed by atoms with Crippen LogP contribution in [0.4, 0.5) is 4.39 Å². The standard InChI is InChI=1S/C15H20FN3/c1-10(9-17)8-15-11(2)18-19(12(15)3)14-6-4-13(16)5-7-14/h4-7,10H,8-9,17H2,1-3H3. The predicted octanol–water partition coefficient (Wildman–Crippen LogP) is 2.77. The zero-order valence-corrected chi connectivity index (χ0v) is 11.7. The molecule has 1 heterocycles. The summed E-state index contributed by atoms with van der Waals surface area (Å²) in [6, 6.07) is 6.39. The van der Waals surface area contributed by atoms with Crippen LogP contribution in [0.3, 0.4) is 0 Å². The van der Waals surface area contributed by atoms with Gasteiger partial charge in [-0.1, -0.05) is 6.92 Å². The van der Waals surface area contributed by atoms with Gasteiger partial charge in [0.15, 0.2) is 0 Å². The number of hydrogen-bond acceptors (Lipinski definition) is 2. The lowest BCUT2D eigenvalue weighted by Crippen LogP contribution is -2.14. The molecular weight excluding hydrogens is 241 g/mol. The van der Waals surface area contributed by atoms with Crippen LogP contribution in [-0.2, 0) is 6.42 Å². The van der Waals surface area contributed by atoms with Crippen LogP contribution >= 0.6 is 0 Å². The van der Waals surface area contributed by atoms with Crippen LogP contribution in [0, 0.1) is 25.6 Å². The van der Waals surface area contributed by atoms with Gasteiger partial charge in [-0.2, -0.15) is 5.10 Å². The van der Waals surface area contributed by atoms with E-state index in [0.29, 0.717) is 12.5 Å². The third-order valence-corrected chi connectivity index (χ3v) is 3.47. The van der Waals surface area contributed by atoms with E-state index in [1.807, 2.05) is 18.5 Å². The molecule has 102 valence electrons. The molecule has 0 amide bonds. The van der Waals surface area contributed by atoms with Crippen LogP contribution in [0.1, 0.15) is 23.9 Å². The lowest BCUT2D eigenvalue weighted by Gasteiger charge is -2.09. The second-order valence-corrected chi connectivity index (χ2v) is 5.08. The normalized spacial score (nSPS) is 12.7. The number of halogens is 1. The molecule has 2 N–H and O–H groups in total. The molecule has 0 spiro atoms. The average molecular weight is 261 g/mol. The van der Waals surface area contributed by atoms with E-state index in [0.717, 1.165) is 23.5 Å². The number of hydrogen-bond donors (Lipinski definition) is 1. The number of aryl methyl sites for hydroxylation is 1. The summed E-state index contributed by atoms with van der Waals surface area (Å²) in [6.07, 6.45) is 0.926. The smallest absolute Gasteiger partial charge is 0.123 e. The fourth-order valence-electron chi connectivity index (χ4n) is 2.24. The highest BCUT2D eigenvalue weighted by Gasteiger charge is 2.14. The lowest BCUT2D eigenvalue weighted by atomic mass is 10.00. The first kappa shape index (κ1) is 13.7. The number of aromatic nitrogens is 2. The van der Waals surface area contributed by atoms with Gasteiger partial charge in [0.25, 0.3) is 0 Å². The molecule has 0 aliphatic carbocycles. The summed E-state index contributed by atoms with van der Waals surface area (Å²) in [4.78, 5) is 0. The molecule has 2 aromatic rings. The van der Waals surface area contributed by atoms with Gasteiger partial charge in [0.05, 0.1) is 11.4 Å². The lowest BCUT2D eigenvalue weighted by molar-refractivity contribution is 0.589. The summed E-state index contributed by atoms with van der Waals surface area (Å²) in [5.74, 6) is 0.200. The number of nitrogens with two attached hydrogens (primary N) is 1. The second kappa shape index (κ2) is 5.53. The Morgan fingerprint density at radius 2 is 1.89 bits per heavy atom. The third kappa shape index (κ3) is 2.84. The first-order valence-electron chi connectivity index (χ1n) is 6.54. The third-order valence-electron chi connectivity index (χ3n) is 3.47. The maximum Gasteiger partial charge on any atom is 0.123 e. The van der Waals surface area contributed by atoms with Crippen molar-refractivity contribution in [1.82, 2.24) is 9.78 Å². The minimum atomic E-state index is -0.234. The van der Waals surface area contributed by atoms with Gasteiger partial charge in [-0.25, -0.2) is 9.07 Å². The second-order valence-electron chi connectivity index (χ2n) is 5.08. The highest BCUT2D eigenvalue weighted by atomic mass is 19.1. The van der Waals surface area contributed by atoms with Crippen LogP contribution in [0.15, 0.2) is 24.3 Å². The van der Waals surface area contributed by atoms with Crippen molar-refractivity contribution in [2.24, 2.45) is 11.7 Å². The molecule has 3 nitrogen and oxygen atoms in total. The van der Waals surface area contributed by atoms with Crippen LogP contribution in [0.2, 0.25) is 0 Å². The molecule has 2 rings (SSSR count). The predicted molar refractivity (Wildman–Crippen MR) is 74.9 cm³/mol. The Kier molecular flexibility index (Phi) is 4.00. The molecule has 0 bridgehead atoms. The van der Waals surface area contributed by atoms with Gasteiger partial charge in [-0.05, 0) is 62.6 Å². The molecule has 0 saturated heterocycles. The summed E-state index contributed by atoms with van der Waals surface area (Å²) in [7, 11) is 0. The highest BCUT2D eigenvalue weighted by molar-refractivity contribution is 5.37. The van der Waals surface area contributed by atoms with Gasteiger partial charge >= 0.3 is 0 Å². The van der Waals surface area contributed by atoms with Crippen molar-refractivity contribution >= 4 is 0 Å². The van der Waals surface area contributed by atoms with E-state index in [1.54, 1.807) is 12.1 Å². The van der Waals surface area contributed by atoms with Gasteiger partial charge in [0.2, 0.25) is 0 Å². The number of nitrogens with zero attached hydrogens (tertiary/aromatic N) is 2. The molecule has 4 heteroatoms. The molecule has 0 fully saturated rings. The van der Waals surface area contributed by atoms with Gasteiger partial charge < -0.3 is 5.73 Å². The first-order valence-corrected chi connectivity index (χ1v) is 6.54. The minimum absolute atomic E-state index is 0.234. The van der Waals surface area contributed by atoms with Gasteiger partial charge in [-0.15, -0.1) is 0 Å². The maximum absolute atomic E-state index is 13.0. The molecule has 0 aliphatic heterocycles. The summed E-state index contributed by atoms with van der Waals surface area (Å²) in [5, 5.41) is 4.55. The van der Waals surface area contributed by atoms with Crippen LogP contribution in [0.5, 0.6) is 0 Å². The molecule has 1 aromatic carbocycles. The maximum atomic E-state index is 13.0. The Morgan fingerprint density at radius 3 is 2.47 bits per heavy atom. The van der Waals surface area contributed by atoms with Gasteiger partial charge in [0.1, 0.15) is 5.82 Å². The van der Waals surface area contributed by atoms with E-state index in [-0.39, 0.29) is 5.82 Å². The van der Waals surface area contributed by atoms with Crippen molar-refractivity contribution in [3.63, 3.8) is 0 Å². The molecule has 0 radical (unpaired) electrons. The minimum Gasteiger partial charge on any atom is -0.330 e. The molecular formula is C15H20FN3. The van der Waals surface area contributed by atoms with Gasteiger partial charge in [-0.3, -0.25) is 0 Å². The van der Waals surface area contributed by atoms with E-state index >= 15 is 0 Å². The van der Waals surface area contributed by atoms with E-state index in [1.165, 1.54) is 17.7 Å². The van der Waals surface area contributed by atoms with E-state index < -0.39 is 0 Å². The topological polar surface area (TPSA) is 43.8 Å². The molecule has 19 heavy (non-hydrogen) atoms. The van der Waals surface area contributed by atoms with Crippen LogP contribution < -0.4 is 5.73 Å². The zero-order chi connectivity index (χ0) is 14.0. The monoisotopic (exact) mass is 261 g/mol. The fourth-order valence-corrected chi connectivity index (χ4v) is 2.24. The van der Waals surface area contributed by atoms with Crippen molar-refractivity contribution in [3.8, 4) is 5.69 Å². The number of rotatable bonds is 4. The quantitative estimate of drug-likeness (QED) is 0.919. The van der Waals surface area contributed by atoms with Gasteiger partial charge in [0, 0.05) is 5.69 Å². The van der Waals surface area contributed by atoms with E-state index in [2.05, 4.69) is 12.0 Å². The molecule has 1 unspecified atom stereocenters. The van der Waals surface area contributed by atoms with Crippen molar-refractivity contribution < 1.29 is 4.39 Å². The Hall–Kier alpha value is -1.68. The SMILES string of the molecule is Cc1nn(-c2ccc(F)cc2)c(C)c1CC(C)CN. The molecule has 1 aromatic heterocycles. The average Bonchev–Trinajstić information content (AvgIpc) is 2.67. The van der Waals surface area contributed by atoms with E-state index in [4.69, 9.17) is 5.73 Å². The van der Waals surface area contributed by atoms with Crippen molar-refractivity contribution in [2.45, 2.75) is 27.2 Å². The summed E-state index contributed by atoms with van der Waals surface area (Å²) < 4.78 is 14.8. The Bertz CT molecular complexity index is 558. The molecule has 1 atom stereocenters. The Labute approximate surface area is 113 Å². The van der Waals surface area contributed by atoms with Crippen molar-refractivity contribution in [3.05, 3.63) is 47.0 Å². The van der Waals surface area contributed by atoms with Crippen LogP contribution in [0.25, 0.3) is 5.69 Å². The largest absolute Gasteiger partial charge is 0.330 e. The Morgan fingerprint density at radius 1 is 1.26 bits per heavy atom. The van der Waals surface area contributed by atoms with Crippen molar-refractivity contribution in [1.29, 1.82) is 0 Å². The first-order chi connectivity index (χ1) is 9.02. The Balaban J connectivity index is 2.38. The zero-order valence-electron chi connectivity index (χ0n) is 11.7. The molecule has 0 aliphatic rings. The van der Waals surface area contributed by atoms with Crippen molar-refractivity contribution in [2.75, 3.05) is 6.54 Å². The summed E-state index contributed by atoms with van der Waals surface area (Å²) >= 11 is 0. The summed E-state index contributed by atoms with van der Waals surface area (Å²) in [5.41, 5.74) is 9.92. The fraction of sp³-hybridized carbons (Fsp3) is 0.400. The highest BCUT2D eigenvalue weighted by Crippen LogP contribution is 2.20. The van der Waals surface area contributed by atoms with Crippen LogP contribution in [-0.4, -0.2) is 16.3 Å². The van der Waals surface area contributed by atoms with E-state index in [9.17, 15) is 4.39 Å².